The second-order valence-electron chi connectivity index (χ2n) is 2.77. The van der Waals surface area contributed by atoms with E-state index in [1.54, 1.807) is 0 Å². The molecule has 0 fully saturated rings. The van der Waals surface area contributed by atoms with Crippen LogP contribution in [0, 0.1) is 5.92 Å². The molecule has 0 saturated carbocycles. The van der Waals surface area contributed by atoms with E-state index in [2.05, 4.69) is 24.9 Å². The largest absolute Gasteiger partial charge is 0.289 e. The van der Waals surface area contributed by atoms with Crippen LogP contribution in [0.4, 0.5) is 0 Å². The molecule has 0 amide bonds. The van der Waals surface area contributed by atoms with Gasteiger partial charge >= 0.3 is 0 Å². The molecule has 0 N–H and O–H groups in total. The molecule has 0 spiro atoms. The van der Waals surface area contributed by atoms with E-state index in [4.69, 9.17) is 0 Å². The number of nitrogens with zero attached hydrogens (tertiary/aromatic N) is 1. The van der Waals surface area contributed by atoms with Gasteiger partial charge in [0.2, 0.25) is 0 Å². The van der Waals surface area contributed by atoms with E-state index < -0.39 is 0 Å². The zero-order valence-electron chi connectivity index (χ0n) is 6.04. The van der Waals surface area contributed by atoms with Crippen molar-refractivity contribution in [2.24, 2.45) is 10.9 Å². The third-order valence-corrected chi connectivity index (χ3v) is 1.65. The molecule has 1 aliphatic heterocycles. The standard InChI is InChI=1S/C8H13N/c1-7(2)8-5-3-4-6-9-8/h3-4,6-8H,5H2,1-2H3. The number of rotatable bonds is 1. The van der Waals surface area contributed by atoms with Gasteiger partial charge in [-0.2, -0.15) is 0 Å². The first kappa shape index (κ1) is 6.53. The van der Waals surface area contributed by atoms with Crippen LogP contribution in [0.5, 0.6) is 0 Å². The summed E-state index contributed by atoms with van der Waals surface area (Å²) in [6.45, 7) is 4.42. The van der Waals surface area contributed by atoms with Gasteiger partial charge in [-0.25, -0.2) is 0 Å². The Morgan fingerprint density at radius 3 is 2.67 bits per heavy atom. The lowest BCUT2D eigenvalue weighted by Crippen LogP contribution is -2.13. The number of hydrogen-bond donors (Lipinski definition) is 0. The van der Waals surface area contributed by atoms with Gasteiger partial charge in [0.15, 0.2) is 0 Å². The molecule has 9 heavy (non-hydrogen) atoms. The summed E-state index contributed by atoms with van der Waals surface area (Å²) in [4.78, 5) is 4.32. The van der Waals surface area contributed by atoms with Gasteiger partial charge in [-0.3, -0.25) is 4.99 Å². The van der Waals surface area contributed by atoms with E-state index in [9.17, 15) is 0 Å². The molecular formula is C8H13N. The second-order valence-corrected chi connectivity index (χ2v) is 2.77. The maximum Gasteiger partial charge on any atom is 0.0556 e. The molecule has 0 bridgehead atoms. The Hall–Kier alpha value is -0.590. The summed E-state index contributed by atoms with van der Waals surface area (Å²) >= 11 is 0. The number of hydrogen-bond acceptors (Lipinski definition) is 1. The van der Waals surface area contributed by atoms with Gasteiger partial charge in [-0.1, -0.05) is 19.9 Å². The molecular weight excluding hydrogens is 110 g/mol. The normalized spacial score (nSPS) is 25.4. The zero-order valence-corrected chi connectivity index (χ0v) is 6.04. The average molecular weight is 123 g/mol. The van der Waals surface area contributed by atoms with Crippen molar-refractivity contribution in [1.82, 2.24) is 0 Å². The Morgan fingerprint density at radius 1 is 1.56 bits per heavy atom. The van der Waals surface area contributed by atoms with Crippen LogP contribution in [0.25, 0.3) is 0 Å². The van der Waals surface area contributed by atoms with Gasteiger partial charge in [0, 0.05) is 6.21 Å². The van der Waals surface area contributed by atoms with Crippen LogP contribution < -0.4 is 0 Å². The van der Waals surface area contributed by atoms with E-state index in [0.29, 0.717) is 12.0 Å². The third-order valence-electron chi connectivity index (χ3n) is 1.65. The van der Waals surface area contributed by atoms with Crippen molar-refractivity contribution in [2.75, 3.05) is 0 Å². The average Bonchev–Trinajstić information content (AvgIpc) is 1.90. The van der Waals surface area contributed by atoms with E-state index in [0.717, 1.165) is 6.42 Å². The lowest BCUT2D eigenvalue weighted by atomic mass is 10.0. The lowest BCUT2D eigenvalue weighted by molar-refractivity contribution is 0.499. The third kappa shape index (κ3) is 1.67. The quantitative estimate of drug-likeness (QED) is 0.506. The summed E-state index contributed by atoms with van der Waals surface area (Å²) < 4.78 is 0. The van der Waals surface area contributed by atoms with Crippen LogP contribution in [0.3, 0.4) is 0 Å². The van der Waals surface area contributed by atoms with Crippen molar-refractivity contribution in [3.05, 3.63) is 12.2 Å². The van der Waals surface area contributed by atoms with Crippen LogP contribution >= 0.6 is 0 Å². The molecule has 1 atom stereocenters. The number of allylic oxidation sites excluding steroid dienone is 1. The van der Waals surface area contributed by atoms with Crippen LogP contribution in [0.1, 0.15) is 20.3 Å². The van der Waals surface area contributed by atoms with E-state index >= 15 is 0 Å². The van der Waals surface area contributed by atoms with Gasteiger partial charge in [-0.05, 0) is 18.4 Å². The van der Waals surface area contributed by atoms with Gasteiger partial charge in [-0.15, -0.1) is 0 Å². The van der Waals surface area contributed by atoms with Crippen LogP contribution in [0.2, 0.25) is 0 Å². The van der Waals surface area contributed by atoms with Gasteiger partial charge < -0.3 is 0 Å². The van der Waals surface area contributed by atoms with Crippen molar-refractivity contribution in [1.29, 1.82) is 0 Å². The van der Waals surface area contributed by atoms with Crippen LogP contribution in [-0.4, -0.2) is 12.3 Å². The predicted molar refractivity (Wildman–Crippen MR) is 40.9 cm³/mol. The predicted octanol–water partition coefficient (Wildman–Crippen LogP) is 2.04. The van der Waals surface area contributed by atoms with Gasteiger partial charge in [0.25, 0.3) is 0 Å². The highest BCUT2D eigenvalue weighted by Crippen LogP contribution is 2.12. The molecule has 1 nitrogen and oxygen atoms in total. The fourth-order valence-corrected chi connectivity index (χ4v) is 0.944. The molecule has 0 radical (unpaired) electrons. The Balaban J connectivity index is 2.46. The van der Waals surface area contributed by atoms with Crippen molar-refractivity contribution < 1.29 is 0 Å². The molecule has 1 heterocycles. The maximum absolute atomic E-state index is 4.32. The molecule has 0 saturated heterocycles. The van der Waals surface area contributed by atoms with Crippen molar-refractivity contribution >= 4 is 6.21 Å². The van der Waals surface area contributed by atoms with Crippen molar-refractivity contribution in [3.63, 3.8) is 0 Å². The highest BCUT2D eigenvalue weighted by molar-refractivity contribution is 5.72. The molecule has 1 heteroatoms. The van der Waals surface area contributed by atoms with E-state index in [1.165, 1.54) is 0 Å². The number of dihydropyridines is 1. The first-order valence-electron chi connectivity index (χ1n) is 3.49. The minimum absolute atomic E-state index is 0.537. The first-order chi connectivity index (χ1) is 4.30. The van der Waals surface area contributed by atoms with Gasteiger partial charge in [0.05, 0.1) is 6.04 Å². The van der Waals surface area contributed by atoms with Crippen molar-refractivity contribution in [2.45, 2.75) is 26.3 Å². The monoisotopic (exact) mass is 123 g/mol. The van der Waals surface area contributed by atoms with Gasteiger partial charge in [0.1, 0.15) is 0 Å². The van der Waals surface area contributed by atoms with E-state index in [-0.39, 0.29) is 0 Å². The molecule has 0 aromatic rings. The topological polar surface area (TPSA) is 12.4 Å². The molecule has 0 aliphatic carbocycles. The molecule has 1 rings (SSSR count). The highest BCUT2D eigenvalue weighted by Gasteiger charge is 2.09. The number of aliphatic imine (C=N–C) groups is 1. The Kier molecular flexibility index (Phi) is 2.04. The molecule has 0 aromatic carbocycles. The van der Waals surface area contributed by atoms with Crippen LogP contribution in [0.15, 0.2) is 17.1 Å². The summed E-state index contributed by atoms with van der Waals surface area (Å²) in [6, 6.07) is 0.537. The van der Waals surface area contributed by atoms with Crippen molar-refractivity contribution in [3.8, 4) is 0 Å². The minimum atomic E-state index is 0.537. The first-order valence-corrected chi connectivity index (χ1v) is 3.49. The SMILES string of the molecule is CC(C)C1CC=CC=N1. The molecule has 1 unspecified atom stereocenters. The van der Waals surface area contributed by atoms with Crippen LogP contribution in [-0.2, 0) is 0 Å². The smallest absolute Gasteiger partial charge is 0.0556 e. The summed E-state index contributed by atoms with van der Waals surface area (Å²) in [5.41, 5.74) is 0. The summed E-state index contributed by atoms with van der Waals surface area (Å²) in [7, 11) is 0. The Bertz CT molecular complexity index is 134. The minimum Gasteiger partial charge on any atom is -0.289 e. The van der Waals surface area contributed by atoms with E-state index in [1.807, 2.05) is 12.3 Å². The lowest BCUT2D eigenvalue weighted by Gasteiger charge is -2.15. The summed E-state index contributed by atoms with van der Waals surface area (Å²) in [5, 5.41) is 0. The Morgan fingerprint density at radius 2 is 2.33 bits per heavy atom. The fourth-order valence-electron chi connectivity index (χ4n) is 0.944. The molecule has 1 aliphatic rings. The zero-order chi connectivity index (χ0) is 6.69. The summed E-state index contributed by atoms with van der Waals surface area (Å²) in [5.74, 6) is 0.686. The fraction of sp³-hybridized carbons (Fsp3) is 0.625. The molecule has 0 aromatic heterocycles. The highest BCUT2D eigenvalue weighted by atomic mass is 14.8. The summed E-state index contributed by atoms with van der Waals surface area (Å²) in [6.07, 6.45) is 7.21. The maximum atomic E-state index is 4.32. The molecule has 50 valence electrons. The second kappa shape index (κ2) is 2.81. The Labute approximate surface area is 56.5 Å².